The van der Waals surface area contributed by atoms with Crippen LogP contribution < -0.4 is 0 Å². The van der Waals surface area contributed by atoms with Crippen LogP contribution in [0.3, 0.4) is 0 Å². The van der Waals surface area contributed by atoms with Crippen LogP contribution in [-0.4, -0.2) is 48.1 Å². The van der Waals surface area contributed by atoms with Crippen molar-refractivity contribution in [3.63, 3.8) is 0 Å². The molecule has 1 fully saturated rings. The number of carbonyl (C=O) groups is 1. The van der Waals surface area contributed by atoms with Crippen molar-refractivity contribution in [3.8, 4) is 0 Å². The summed E-state index contributed by atoms with van der Waals surface area (Å²) in [4.78, 5) is 10.7. The second kappa shape index (κ2) is 5.12. The van der Waals surface area contributed by atoms with Crippen LogP contribution >= 0.6 is 0 Å². The lowest BCUT2D eigenvalue weighted by atomic mass is 10.1. The van der Waals surface area contributed by atoms with E-state index >= 15 is 0 Å². The van der Waals surface area contributed by atoms with Crippen molar-refractivity contribution in [2.75, 3.05) is 13.1 Å². The molecule has 0 aromatic heterocycles. The first-order valence-electron chi connectivity index (χ1n) is 5.95. The zero-order valence-corrected chi connectivity index (χ0v) is 11.5. The number of carboxylic acids is 1. The van der Waals surface area contributed by atoms with Crippen LogP contribution in [-0.2, 0) is 10.0 Å². The molecule has 0 saturated carbocycles. The van der Waals surface area contributed by atoms with E-state index in [-0.39, 0.29) is 23.5 Å². The van der Waals surface area contributed by atoms with Gasteiger partial charge in [0.25, 0.3) is 0 Å². The van der Waals surface area contributed by atoms with Gasteiger partial charge in [-0.3, -0.25) is 0 Å². The van der Waals surface area contributed by atoms with Gasteiger partial charge in [-0.25, -0.2) is 17.6 Å². The second-order valence-corrected chi connectivity index (χ2v) is 6.65. The first-order chi connectivity index (χ1) is 9.23. The van der Waals surface area contributed by atoms with E-state index in [0.29, 0.717) is 6.42 Å². The van der Waals surface area contributed by atoms with Crippen molar-refractivity contribution in [3.05, 3.63) is 29.1 Å². The highest BCUT2D eigenvalue weighted by atomic mass is 32.2. The minimum Gasteiger partial charge on any atom is -0.478 e. The molecule has 1 atom stereocenters. The highest BCUT2D eigenvalue weighted by Crippen LogP contribution is 2.25. The van der Waals surface area contributed by atoms with Crippen molar-refractivity contribution in [1.29, 1.82) is 0 Å². The molecular weight excluding hydrogens is 289 g/mol. The molecule has 8 heteroatoms. The molecule has 0 bridgehead atoms. The van der Waals surface area contributed by atoms with Crippen molar-refractivity contribution in [2.45, 2.75) is 24.3 Å². The van der Waals surface area contributed by atoms with Crippen LogP contribution in [0.1, 0.15) is 22.3 Å². The molecule has 1 aliphatic rings. The number of halogens is 1. The molecule has 0 spiro atoms. The Balaban J connectivity index is 2.50. The third-order valence-electron chi connectivity index (χ3n) is 3.22. The Bertz CT molecular complexity index is 658. The smallest absolute Gasteiger partial charge is 0.338 e. The first-order valence-corrected chi connectivity index (χ1v) is 7.39. The van der Waals surface area contributed by atoms with Crippen molar-refractivity contribution >= 4 is 16.0 Å². The maximum Gasteiger partial charge on any atom is 0.338 e. The SMILES string of the molecule is Cc1cc(S(=O)(=O)N2CCC(O)C2)cc(C(=O)O)c1F. The average Bonchev–Trinajstić information content (AvgIpc) is 2.79. The summed E-state index contributed by atoms with van der Waals surface area (Å²) in [5.74, 6) is -2.47. The molecule has 0 amide bonds. The number of aryl methyl sites for hydroxylation is 1. The van der Waals surface area contributed by atoms with E-state index in [0.717, 1.165) is 16.4 Å². The maximum atomic E-state index is 13.6. The predicted octanol–water partition coefficient (Wildman–Crippen LogP) is 0.588. The van der Waals surface area contributed by atoms with Gasteiger partial charge in [0.1, 0.15) is 5.82 Å². The minimum absolute atomic E-state index is 0.0405. The number of benzene rings is 1. The monoisotopic (exact) mass is 303 g/mol. The number of β-amino-alcohol motifs (C(OH)–C–C–N with tert-alkyl or cyclic N) is 1. The summed E-state index contributed by atoms with van der Waals surface area (Å²) >= 11 is 0. The quantitative estimate of drug-likeness (QED) is 0.852. The maximum absolute atomic E-state index is 13.6. The molecule has 1 unspecified atom stereocenters. The number of aromatic carboxylic acids is 1. The lowest BCUT2D eigenvalue weighted by Gasteiger charge is -2.16. The third-order valence-corrected chi connectivity index (χ3v) is 5.07. The summed E-state index contributed by atoms with van der Waals surface area (Å²) in [7, 11) is -3.92. The number of aliphatic hydroxyl groups excluding tert-OH is 1. The molecule has 2 N–H and O–H groups in total. The fourth-order valence-corrected chi connectivity index (χ4v) is 3.72. The number of sulfonamides is 1. The first kappa shape index (κ1) is 14.9. The van der Waals surface area contributed by atoms with Gasteiger partial charge in [0.2, 0.25) is 10.0 Å². The van der Waals surface area contributed by atoms with Gasteiger partial charge in [0.15, 0.2) is 0 Å². The molecule has 110 valence electrons. The van der Waals surface area contributed by atoms with Gasteiger partial charge >= 0.3 is 5.97 Å². The van der Waals surface area contributed by atoms with Crippen molar-refractivity contribution in [2.24, 2.45) is 0 Å². The zero-order valence-electron chi connectivity index (χ0n) is 10.7. The number of nitrogens with zero attached hydrogens (tertiary/aromatic N) is 1. The van der Waals surface area contributed by atoms with Crippen molar-refractivity contribution in [1.82, 2.24) is 4.31 Å². The Labute approximate surface area is 115 Å². The topological polar surface area (TPSA) is 94.9 Å². The van der Waals surface area contributed by atoms with E-state index < -0.39 is 33.5 Å². The van der Waals surface area contributed by atoms with E-state index in [1.165, 1.54) is 6.92 Å². The average molecular weight is 303 g/mol. The summed E-state index contributed by atoms with van der Waals surface area (Å²) in [6.45, 7) is 1.42. The minimum atomic E-state index is -3.92. The largest absolute Gasteiger partial charge is 0.478 e. The van der Waals surface area contributed by atoms with Gasteiger partial charge < -0.3 is 10.2 Å². The molecule has 20 heavy (non-hydrogen) atoms. The van der Waals surface area contributed by atoms with Crippen LogP contribution in [0.5, 0.6) is 0 Å². The van der Waals surface area contributed by atoms with Crippen LogP contribution in [0.2, 0.25) is 0 Å². The predicted molar refractivity (Wildman–Crippen MR) is 67.5 cm³/mol. The normalized spacial score (nSPS) is 20.2. The van der Waals surface area contributed by atoms with E-state index in [9.17, 15) is 22.7 Å². The van der Waals surface area contributed by atoms with Gasteiger partial charge in [-0.2, -0.15) is 4.31 Å². The molecule has 1 aromatic carbocycles. The van der Waals surface area contributed by atoms with Crippen molar-refractivity contribution < 1.29 is 27.8 Å². The Hall–Kier alpha value is -1.51. The molecule has 6 nitrogen and oxygen atoms in total. The zero-order chi connectivity index (χ0) is 15.1. The fourth-order valence-electron chi connectivity index (χ4n) is 2.12. The van der Waals surface area contributed by atoms with Crippen LogP contribution in [0.4, 0.5) is 4.39 Å². The molecule has 1 saturated heterocycles. The molecule has 1 aliphatic heterocycles. The van der Waals surface area contributed by atoms with Gasteiger partial charge in [-0.05, 0) is 31.0 Å². The molecule has 2 rings (SSSR count). The number of hydrogen-bond acceptors (Lipinski definition) is 4. The lowest BCUT2D eigenvalue weighted by Crippen LogP contribution is -2.30. The standard InChI is InChI=1S/C12H14FNO5S/c1-7-4-9(5-10(11(7)13)12(16)17)20(18,19)14-3-2-8(15)6-14/h4-5,8,15H,2-3,6H2,1H3,(H,16,17). The van der Waals surface area contributed by atoms with Crippen LogP contribution in [0.25, 0.3) is 0 Å². The molecular formula is C12H14FNO5S. The highest BCUT2D eigenvalue weighted by molar-refractivity contribution is 7.89. The van der Waals surface area contributed by atoms with E-state index in [1.807, 2.05) is 0 Å². The van der Waals surface area contributed by atoms with E-state index in [4.69, 9.17) is 5.11 Å². The summed E-state index contributed by atoms with van der Waals surface area (Å²) in [6.07, 6.45) is -0.407. The van der Waals surface area contributed by atoms with Gasteiger partial charge in [-0.15, -0.1) is 0 Å². The number of carboxylic acid groups (broad SMARTS) is 1. The summed E-state index contributed by atoms with van der Waals surface area (Å²) in [5, 5.41) is 18.3. The number of aliphatic hydroxyl groups is 1. The Morgan fingerprint density at radius 1 is 1.45 bits per heavy atom. The molecule has 0 radical (unpaired) electrons. The van der Waals surface area contributed by atoms with E-state index in [2.05, 4.69) is 0 Å². The second-order valence-electron chi connectivity index (χ2n) is 4.71. The van der Waals surface area contributed by atoms with Gasteiger partial charge in [0, 0.05) is 13.1 Å². The summed E-state index contributed by atoms with van der Waals surface area (Å²) < 4.78 is 39.3. The lowest BCUT2D eigenvalue weighted by molar-refractivity contribution is 0.0691. The Morgan fingerprint density at radius 3 is 2.60 bits per heavy atom. The van der Waals surface area contributed by atoms with Gasteiger partial charge in [-0.1, -0.05) is 0 Å². The Morgan fingerprint density at radius 2 is 2.10 bits per heavy atom. The molecule has 0 aliphatic carbocycles. The summed E-state index contributed by atoms with van der Waals surface area (Å²) in [6, 6.07) is 1.91. The fraction of sp³-hybridized carbons (Fsp3) is 0.417. The highest BCUT2D eigenvalue weighted by Gasteiger charge is 2.32. The third kappa shape index (κ3) is 2.54. The summed E-state index contributed by atoms with van der Waals surface area (Å²) in [5.41, 5.74) is -0.730. The van der Waals surface area contributed by atoms with Gasteiger partial charge in [0.05, 0.1) is 16.6 Å². The number of hydrogen-bond donors (Lipinski definition) is 2. The Kier molecular flexibility index (Phi) is 3.81. The van der Waals surface area contributed by atoms with Crippen LogP contribution in [0, 0.1) is 12.7 Å². The molecule has 1 aromatic rings. The van der Waals surface area contributed by atoms with E-state index in [1.54, 1.807) is 0 Å². The number of rotatable bonds is 3. The molecule has 1 heterocycles. The van der Waals surface area contributed by atoms with Crippen LogP contribution in [0.15, 0.2) is 17.0 Å².